The normalized spacial score (nSPS) is 10.7. The van der Waals surface area contributed by atoms with Crippen molar-refractivity contribution in [3.05, 3.63) is 33.4 Å². The summed E-state index contributed by atoms with van der Waals surface area (Å²) in [7, 11) is 0. The van der Waals surface area contributed by atoms with Gasteiger partial charge in [0.25, 0.3) is 0 Å². The second-order valence-electron chi connectivity index (χ2n) is 3.56. The lowest BCUT2D eigenvalue weighted by atomic mass is 10.2. The quantitative estimate of drug-likeness (QED) is 0.487. The van der Waals surface area contributed by atoms with E-state index in [4.69, 9.17) is 9.84 Å². The largest absolute Gasteiger partial charge is 0.492 e. The number of hydrogen-bond donors (Lipinski definition) is 1. The number of ether oxygens (including phenoxy) is 1. The van der Waals surface area contributed by atoms with E-state index in [1.807, 2.05) is 18.2 Å². The van der Waals surface area contributed by atoms with Crippen molar-refractivity contribution in [2.75, 3.05) is 6.61 Å². The molecule has 0 fully saturated rings. The maximum Gasteiger partial charge on any atom is 0.328 e. The van der Waals surface area contributed by atoms with E-state index in [-0.39, 0.29) is 0 Å². The molecule has 92 valence electrons. The minimum atomic E-state index is -0.947. The highest BCUT2D eigenvalue weighted by molar-refractivity contribution is 14.1. The van der Waals surface area contributed by atoms with Gasteiger partial charge in [0.2, 0.25) is 0 Å². The Hall–Kier alpha value is -1.04. The monoisotopic (exact) mass is 346 g/mol. The standard InChI is InChI=1S/C13H15IO3/c1-2-3-8-17-12-9-10(4-6-11(12)14)5-7-13(15)16/h4-7,9H,2-3,8H2,1H3,(H,15,16). The highest BCUT2D eigenvalue weighted by Gasteiger charge is 2.01. The Morgan fingerprint density at radius 3 is 2.94 bits per heavy atom. The fourth-order valence-electron chi connectivity index (χ4n) is 1.23. The number of hydrogen-bond acceptors (Lipinski definition) is 2. The number of carboxylic acid groups (broad SMARTS) is 1. The van der Waals surface area contributed by atoms with Crippen LogP contribution in [0.2, 0.25) is 0 Å². The van der Waals surface area contributed by atoms with Gasteiger partial charge in [-0.2, -0.15) is 0 Å². The second-order valence-corrected chi connectivity index (χ2v) is 4.73. The Morgan fingerprint density at radius 1 is 1.53 bits per heavy atom. The van der Waals surface area contributed by atoms with Gasteiger partial charge in [0.05, 0.1) is 10.2 Å². The molecular weight excluding hydrogens is 331 g/mol. The van der Waals surface area contributed by atoms with E-state index in [0.29, 0.717) is 6.61 Å². The van der Waals surface area contributed by atoms with Crippen molar-refractivity contribution < 1.29 is 14.6 Å². The molecule has 0 aliphatic heterocycles. The Balaban J connectivity index is 2.75. The summed E-state index contributed by atoms with van der Waals surface area (Å²) < 4.78 is 6.67. The zero-order valence-corrected chi connectivity index (χ0v) is 11.8. The molecule has 0 spiro atoms. The van der Waals surface area contributed by atoms with Crippen molar-refractivity contribution in [2.24, 2.45) is 0 Å². The van der Waals surface area contributed by atoms with Crippen molar-refractivity contribution in [1.29, 1.82) is 0 Å². The average molecular weight is 346 g/mol. The fourth-order valence-corrected chi connectivity index (χ4v) is 1.72. The van der Waals surface area contributed by atoms with E-state index in [2.05, 4.69) is 29.5 Å². The molecule has 0 bridgehead atoms. The van der Waals surface area contributed by atoms with E-state index in [1.54, 1.807) is 6.08 Å². The van der Waals surface area contributed by atoms with Crippen LogP contribution in [0.1, 0.15) is 25.3 Å². The van der Waals surface area contributed by atoms with Crippen LogP contribution in [0.15, 0.2) is 24.3 Å². The maximum absolute atomic E-state index is 10.4. The molecule has 0 atom stereocenters. The van der Waals surface area contributed by atoms with Gasteiger partial charge in [0, 0.05) is 6.08 Å². The molecule has 1 aromatic rings. The van der Waals surface area contributed by atoms with Gasteiger partial charge in [-0.25, -0.2) is 4.79 Å². The number of unbranched alkanes of at least 4 members (excludes halogenated alkanes) is 1. The first-order valence-corrected chi connectivity index (χ1v) is 6.54. The molecule has 0 radical (unpaired) electrons. The number of aliphatic carboxylic acids is 1. The molecule has 1 rings (SSSR count). The fraction of sp³-hybridized carbons (Fsp3) is 0.308. The predicted octanol–water partition coefficient (Wildman–Crippen LogP) is 3.57. The lowest BCUT2D eigenvalue weighted by Crippen LogP contribution is -1.98. The Kier molecular flexibility index (Phi) is 6.04. The zero-order valence-electron chi connectivity index (χ0n) is 9.65. The Morgan fingerprint density at radius 2 is 2.29 bits per heavy atom. The third-order valence-electron chi connectivity index (χ3n) is 2.13. The molecule has 1 aromatic carbocycles. The first-order chi connectivity index (χ1) is 8.13. The molecule has 0 aliphatic rings. The van der Waals surface area contributed by atoms with Gasteiger partial charge in [-0.3, -0.25) is 0 Å². The minimum absolute atomic E-state index is 0.693. The van der Waals surface area contributed by atoms with Gasteiger partial charge in [0.15, 0.2) is 0 Å². The molecule has 0 aromatic heterocycles. The molecule has 0 amide bonds. The highest BCUT2D eigenvalue weighted by Crippen LogP contribution is 2.23. The molecule has 0 aliphatic carbocycles. The topological polar surface area (TPSA) is 46.5 Å². The molecule has 0 saturated heterocycles. The van der Waals surface area contributed by atoms with Gasteiger partial charge in [-0.05, 0) is 52.8 Å². The van der Waals surface area contributed by atoms with Crippen LogP contribution in [0.25, 0.3) is 6.08 Å². The minimum Gasteiger partial charge on any atom is -0.492 e. The molecule has 17 heavy (non-hydrogen) atoms. The lowest BCUT2D eigenvalue weighted by Gasteiger charge is -2.08. The Labute approximate surface area is 115 Å². The molecule has 3 nitrogen and oxygen atoms in total. The molecule has 0 saturated carbocycles. The van der Waals surface area contributed by atoms with E-state index >= 15 is 0 Å². The summed E-state index contributed by atoms with van der Waals surface area (Å²) in [4.78, 5) is 10.4. The summed E-state index contributed by atoms with van der Waals surface area (Å²) in [5.41, 5.74) is 0.833. The van der Waals surface area contributed by atoms with Crippen molar-refractivity contribution in [3.63, 3.8) is 0 Å². The van der Waals surface area contributed by atoms with E-state index in [1.165, 1.54) is 0 Å². The highest BCUT2D eigenvalue weighted by atomic mass is 127. The van der Waals surface area contributed by atoms with Gasteiger partial charge in [0.1, 0.15) is 5.75 Å². The molecule has 0 unspecified atom stereocenters. The van der Waals surface area contributed by atoms with Crippen LogP contribution < -0.4 is 4.74 Å². The van der Waals surface area contributed by atoms with Crippen LogP contribution in [0.4, 0.5) is 0 Å². The molecular formula is C13H15IO3. The van der Waals surface area contributed by atoms with Gasteiger partial charge >= 0.3 is 5.97 Å². The van der Waals surface area contributed by atoms with Gasteiger partial charge < -0.3 is 9.84 Å². The summed E-state index contributed by atoms with van der Waals surface area (Å²) in [6.45, 7) is 2.80. The van der Waals surface area contributed by atoms with Crippen LogP contribution in [0, 0.1) is 3.57 Å². The predicted molar refractivity (Wildman–Crippen MR) is 76.2 cm³/mol. The summed E-state index contributed by atoms with van der Waals surface area (Å²) in [5.74, 6) is -0.136. The van der Waals surface area contributed by atoms with Gasteiger partial charge in [-0.1, -0.05) is 19.4 Å². The van der Waals surface area contributed by atoms with Crippen LogP contribution in [0.3, 0.4) is 0 Å². The van der Waals surface area contributed by atoms with E-state index in [9.17, 15) is 4.79 Å². The third kappa shape index (κ3) is 5.21. The van der Waals surface area contributed by atoms with Crippen molar-refractivity contribution in [1.82, 2.24) is 0 Å². The SMILES string of the molecule is CCCCOc1cc(C=CC(=O)O)ccc1I. The van der Waals surface area contributed by atoms with E-state index < -0.39 is 5.97 Å². The number of carbonyl (C=O) groups is 1. The van der Waals surface area contributed by atoms with Crippen LogP contribution in [-0.4, -0.2) is 17.7 Å². The number of benzene rings is 1. The third-order valence-corrected chi connectivity index (χ3v) is 3.02. The van der Waals surface area contributed by atoms with E-state index in [0.717, 1.165) is 33.8 Å². The zero-order chi connectivity index (χ0) is 12.7. The van der Waals surface area contributed by atoms with Gasteiger partial charge in [-0.15, -0.1) is 0 Å². The summed E-state index contributed by atoms with van der Waals surface area (Å²) in [6.07, 6.45) is 4.80. The average Bonchev–Trinajstić information content (AvgIpc) is 2.30. The van der Waals surface area contributed by atoms with Crippen molar-refractivity contribution in [2.45, 2.75) is 19.8 Å². The summed E-state index contributed by atoms with van der Waals surface area (Å²) in [5, 5.41) is 8.55. The Bertz CT molecular complexity index is 413. The van der Waals surface area contributed by atoms with Crippen LogP contribution >= 0.6 is 22.6 Å². The first kappa shape index (κ1) is 14.0. The molecule has 0 heterocycles. The lowest BCUT2D eigenvalue weighted by molar-refractivity contribution is -0.131. The number of halogens is 1. The van der Waals surface area contributed by atoms with Crippen molar-refractivity contribution in [3.8, 4) is 5.75 Å². The van der Waals surface area contributed by atoms with Crippen molar-refractivity contribution >= 4 is 34.6 Å². The molecule has 4 heteroatoms. The maximum atomic E-state index is 10.4. The summed E-state index contributed by atoms with van der Waals surface area (Å²) in [6, 6.07) is 5.65. The molecule has 1 N–H and O–H groups in total. The van der Waals surface area contributed by atoms with Crippen LogP contribution in [0.5, 0.6) is 5.75 Å². The summed E-state index contributed by atoms with van der Waals surface area (Å²) >= 11 is 2.21. The number of rotatable bonds is 6. The van der Waals surface area contributed by atoms with Crippen LogP contribution in [-0.2, 0) is 4.79 Å². The number of carboxylic acids is 1. The second kappa shape index (κ2) is 7.32. The smallest absolute Gasteiger partial charge is 0.328 e. The first-order valence-electron chi connectivity index (χ1n) is 5.47.